The molecule has 2 amide bonds. The molecule has 0 radical (unpaired) electrons. The van der Waals surface area contributed by atoms with Crippen molar-refractivity contribution in [2.24, 2.45) is 5.92 Å². The van der Waals surface area contributed by atoms with Gasteiger partial charge in [0.05, 0.1) is 10.9 Å². The monoisotopic (exact) mass is 473 g/mol. The number of hydrogen-bond acceptors (Lipinski definition) is 3. The first-order valence-corrected chi connectivity index (χ1v) is 12.6. The lowest BCUT2D eigenvalue weighted by molar-refractivity contribution is -0.138. The van der Waals surface area contributed by atoms with Gasteiger partial charge in [-0.3, -0.25) is 14.6 Å². The second-order valence-corrected chi connectivity index (χ2v) is 10.1. The van der Waals surface area contributed by atoms with Crippen LogP contribution < -0.4 is 0 Å². The van der Waals surface area contributed by atoms with E-state index in [0.717, 1.165) is 48.6 Å². The summed E-state index contributed by atoms with van der Waals surface area (Å²) in [6, 6.07) is 16.8. The van der Waals surface area contributed by atoms with Gasteiger partial charge in [-0.2, -0.15) is 0 Å². The summed E-state index contributed by atoms with van der Waals surface area (Å²) >= 11 is 0. The molecule has 5 rings (SSSR count). The Labute approximate surface area is 205 Å². The topological polar surface area (TPSA) is 53.5 Å². The van der Waals surface area contributed by atoms with E-state index in [1.807, 2.05) is 21.9 Å². The molecular formula is C29H32FN3O2. The van der Waals surface area contributed by atoms with Crippen LogP contribution in [0.5, 0.6) is 0 Å². The van der Waals surface area contributed by atoms with Crippen LogP contribution in [0, 0.1) is 11.7 Å². The number of amides is 2. The number of carbonyl (C=O) groups excluding carboxylic acids is 2. The van der Waals surface area contributed by atoms with E-state index in [4.69, 9.17) is 0 Å². The summed E-state index contributed by atoms with van der Waals surface area (Å²) in [7, 11) is 0. The Morgan fingerprint density at radius 1 is 1.00 bits per heavy atom. The molecule has 6 heteroatoms. The van der Waals surface area contributed by atoms with Crippen LogP contribution in [0.2, 0.25) is 0 Å². The molecule has 35 heavy (non-hydrogen) atoms. The number of pyridine rings is 1. The van der Waals surface area contributed by atoms with Crippen LogP contribution in [0.1, 0.15) is 43.7 Å². The van der Waals surface area contributed by atoms with Crippen molar-refractivity contribution in [2.75, 3.05) is 26.2 Å². The summed E-state index contributed by atoms with van der Waals surface area (Å²) < 4.78 is 13.6. The smallest absolute Gasteiger partial charge is 0.233 e. The van der Waals surface area contributed by atoms with Crippen molar-refractivity contribution in [3.05, 3.63) is 77.7 Å². The largest absolute Gasteiger partial charge is 0.341 e. The van der Waals surface area contributed by atoms with E-state index >= 15 is 0 Å². The summed E-state index contributed by atoms with van der Waals surface area (Å²) in [6.45, 7) is 3.91. The van der Waals surface area contributed by atoms with Crippen LogP contribution in [-0.2, 0) is 21.4 Å². The van der Waals surface area contributed by atoms with Gasteiger partial charge in [0.25, 0.3) is 0 Å². The van der Waals surface area contributed by atoms with E-state index in [0.29, 0.717) is 26.2 Å². The highest BCUT2D eigenvalue weighted by molar-refractivity contribution is 5.89. The second-order valence-electron chi connectivity index (χ2n) is 10.1. The van der Waals surface area contributed by atoms with Gasteiger partial charge < -0.3 is 9.80 Å². The van der Waals surface area contributed by atoms with Crippen molar-refractivity contribution in [2.45, 2.75) is 44.4 Å². The molecule has 182 valence electrons. The molecule has 1 aliphatic carbocycles. The molecule has 2 aromatic carbocycles. The number of hydrogen-bond donors (Lipinski definition) is 0. The molecule has 1 aliphatic heterocycles. The molecule has 0 N–H and O–H groups in total. The Kier molecular flexibility index (Phi) is 6.54. The number of halogens is 1. The summed E-state index contributed by atoms with van der Waals surface area (Å²) in [6.07, 6.45) is 6.12. The first-order valence-electron chi connectivity index (χ1n) is 12.6. The Balaban J connectivity index is 1.42. The third kappa shape index (κ3) is 4.79. The fraction of sp³-hybridized carbons (Fsp3) is 0.414. The third-order valence-electron chi connectivity index (χ3n) is 7.78. The molecule has 3 aromatic rings. The highest BCUT2D eigenvalue weighted by atomic mass is 19.1. The number of benzene rings is 2. The van der Waals surface area contributed by atoms with Crippen molar-refractivity contribution in [3.63, 3.8) is 0 Å². The summed E-state index contributed by atoms with van der Waals surface area (Å²) in [5, 5.41) is 1.09. The highest BCUT2D eigenvalue weighted by Gasteiger charge is 2.45. The predicted molar refractivity (Wildman–Crippen MR) is 134 cm³/mol. The molecule has 0 unspecified atom stereocenters. The van der Waals surface area contributed by atoms with E-state index in [2.05, 4.69) is 23.2 Å². The second kappa shape index (κ2) is 9.76. The lowest BCUT2D eigenvalue weighted by Crippen LogP contribution is -2.48. The van der Waals surface area contributed by atoms with Gasteiger partial charge in [0.1, 0.15) is 5.82 Å². The first kappa shape index (κ1) is 23.5. The van der Waals surface area contributed by atoms with Crippen molar-refractivity contribution in [1.29, 1.82) is 0 Å². The summed E-state index contributed by atoms with van der Waals surface area (Å²) in [5.74, 6) is 0.0128. The minimum Gasteiger partial charge on any atom is -0.341 e. The van der Waals surface area contributed by atoms with E-state index < -0.39 is 5.41 Å². The van der Waals surface area contributed by atoms with Crippen LogP contribution in [-0.4, -0.2) is 52.8 Å². The summed E-state index contributed by atoms with van der Waals surface area (Å²) in [4.78, 5) is 34.7. The van der Waals surface area contributed by atoms with Gasteiger partial charge in [-0.15, -0.1) is 0 Å². The molecule has 1 aromatic heterocycles. The van der Waals surface area contributed by atoms with Crippen molar-refractivity contribution < 1.29 is 14.0 Å². The Morgan fingerprint density at radius 2 is 1.71 bits per heavy atom. The first-order chi connectivity index (χ1) is 16.9. The van der Waals surface area contributed by atoms with E-state index in [9.17, 15) is 14.0 Å². The Morgan fingerprint density at radius 3 is 2.46 bits per heavy atom. The fourth-order valence-corrected chi connectivity index (χ4v) is 5.97. The van der Waals surface area contributed by atoms with Gasteiger partial charge in [0, 0.05) is 44.7 Å². The molecule has 0 spiro atoms. The van der Waals surface area contributed by atoms with Crippen LogP contribution in [0.15, 0.2) is 60.8 Å². The van der Waals surface area contributed by atoms with Gasteiger partial charge in [0.2, 0.25) is 11.8 Å². The molecule has 1 saturated carbocycles. The number of fused-ring (bicyclic) bond motifs is 1. The van der Waals surface area contributed by atoms with Crippen LogP contribution in [0.25, 0.3) is 10.9 Å². The zero-order chi connectivity index (χ0) is 24.4. The maximum Gasteiger partial charge on any atom is 0.233 e. The van der Waals surface area contributed by atoms with Crippen molar-refractivity contribution in [1.82, 2.24) is 14.8 Å². The third-order valence-corrected chi connectivity index (χ3v) is 7.78. The number of nitrogens with zero attached hydrogens (tertiary/aromatic N) is 3. The normalized spacial score (nSPS) is 20.1. The van der Waals surface area contributed by atoms with Crippen LogP contribution in [0.4, 0.5) is 4.39 Å². The van der Waals surface area contributed by atoms with Crippen molar-refractivity contribution in [3.8, 4) is 0 Å². The van der Waals surface area contributed by atoms with E-state index in [-0.39, 0.29) is 23.5 Å². The SMILES string of the molecule is CC(=O)N1CCN(C(=O)C2(c3ccc(F)cc3)CCCC2)C[C@@H](Cc2ccc3ncccc3c2)C1. The van der Waals surface area contributed by atoms with Crippen molar-refractivity contribution >= 4 is 22.7 Å². The van der Waals surface area contributed by atoms with E-state index in [1.165, 1.54) is 17.7 Å². The number of carbonyl (C=O) groups is 2. The van der Waals surface area contributed by atoms with E-state index in [1.54, 1.807) is 25.3 Å². The molecule has 1 atom stereocenters. The van der Waals surface area contributed by atoms with Crippen LogP contribution in [0.3, 0.4) is 0 Å². The Bertz CT molecular complexity index is 1220. The average molecular weight is 474 g/mol. The predicted octanol–water partition coefficient (Wildman–Crippen LogP) is 4.74. The molecule has 2 aliphatic rings. The Hall–Kier alpha value is -3.28. The zero-order valence-corrected chi connectivity index (χ0v) is 20.3. The molecule has 0 bridgehead atoms. The minimum absolute atomic E-state index is 0.0427. The van der Waals surface area contributed by atoms with Gasteiger partial charge in [0.15, 0.2) is 0 Å². The minimum atomic E-state index is -0.599. The molecule has 5 nitrogen and oxygen atoms in total. The standard InChI is InChI=1S/C29H32FN3O2/c1-21(34)32-15-16-33(28(35)29(12-2-3-13-29)25-7-9-26(30)10-8-25)20-23(19-32)17-22-6-11-27-24(18-22)5-4-14-31-27/h4-11,14,18,23H,2-3,12-13,15-17,19-20H2,1H3/t23-/m0/s1. The highest BCUT2D eigenvalue weighted by Crippen LogP contribution is 2.43. The maximum atomic E-state index is 14.1. The average Bonchev–Trinajstić information content (AvgIpc) is 3.26. The molecule has 2 heterocycles. The van der Waals surface area contributed by atoms with Gasteiger partial charge in [-0.25, -0.2) is 4.39 Å². The zero-order valence-electron chi connectivity index (χ0n) is 20.3. The lowest BCUT2D eigenvalue weighted by Gasteiger charge is -2.35. The van der Waals surface area contributed by atoms with Gasteiger partial charge >= 0.3 is 0 Å². The maximum absolute atomic E-state index is 14.1. The quantitative estimate of drug-likeness (QED) is 0.550. The van der Waals surface area contributed by atoms with Gasteiger partial charge in [-0.05, 0) is 66.6 Å². The van der Waals surface area contributed by atoms with Crippen LogP contribution >= 0.6 is 0 Å². The molecular weight excluding hydrogens is 441 g/mol. The number of aromatic nitrogens is 1. The molecule has 1 saturated heterocycles. The number of rotatable bonds is 4. The van der Waals surface area contributed by atoms with Gasteiger partial charge in [-0.1, -0.05) is 37.1 Å². The lowest BCUT2D eigenvalue weighted by atomic mass is 9.77. The molecule has 2 fully saturated rings. The fourth-order valence-electron chi connectivity index (χ4n) is 5.97. The summed E-state index contributed by atoms with van der Waals surface area (Å²) in [5.41, 5.74) is 2.45.